The predicted octanol–water partition coefficient (Wildman–Crippen LogP) is 1.34. The van der Waals surface area contributed by atoms with Crippen molar-refractivity contribution in [2.75, 3.05) is 13.7 Å². The van der Waals surface area contributed by atoms with Gasteiger partial charge in [0.25, 0.3) is 5.91 Å². The molecule has 3 fully saturated rings. The number of methoxy groups -OCH3 is 1. The lowest BCUT2D eigenvalue weighted by Crippen LogP contribution is -2.50. The number of esters is 1. The van der Waals surface area contributed by atoms with Gasteiger partial charge in [-0.15, -0.1) is 0 Å². The van der Waals surface area contributed by atoms with E-state index >= 15 is 0 Å². The molecule has 27 heavy (non-hydrogen) atoms. The third-order valence-electron chi connectivity index (χ3n) is 6.45. The first kappa shape index (κ1) is 19.6. The van der Waals surface area contributed by atoms with Crippen LogP contribution in [0.15, 0.2) is 0 Å². The molecule has 2 aliphatic carbocycles. The van der Waals surface area contributed by atoms with E-state index in [-0.39, 0.29) is 30.4 Å². The summed E-state index contributed by atoms with van der Waals surface area (Å²) in [5, 5.41) is 5.64. The first-order valence-corrected chi connectivity index (χ1v) is 9.91. The minimum absolute atomic E-state index is 0.298. The Morgan fingerprint density at radius 3 is 2.56 bits per heavy atom. The number of ether oxygens (including phenoxy) is 1. The first-order chi connectivity index (χ1) is 12.9. The van der Waals surface area contributed by atoms with Gasteiger partial charge in [-0.05, 0) is 44.4 Å². The Balaban J connectivity index is 1.59. The zero-order chi connectivity index (χ0) is 19.6. The molecule has 1 saturated heterocycles. The van der Waals surface area contributed by atoms with E-state index in [0.717, 1.165) is 30.6 Å². The molecule has 3 rings (SSSR count). The van der Waals surface area contributed by atoms with Crippen LogP contribution < -0.4 is 10.6 Å². The summed E-state index contributed by atoms with van der Waals surface area (Å²) in [6.07, 6.45) is 6.33. The zero-order valence-corrected chi connectivity index (χ0v) is 16.1. The van der Waals surface area contributed by atoms with Crippen LogP contribution in [0.25, 0.3) is 0 Å². The third-order valence-corrected chi connectivity index (χ3v) is 6.45. The zero-order valence-electron chi connectivity index (χ0n) is 16.1. The summed E-state index contributed by atoms with van der Waals surface area (Å²) < 4.78 is 4.79. The van der Waals surface area contributed by atoms with Crippen LogP contribution in [0.3, 0.4) is 0 Å². The maximum atomic E-state index is 12.9. The van der Waals surface area contributed by atoms with Crippen LogP contribution in [0.1, 0.15) is 58.3 Å². The van der Waals surface area contributed by atoms with Crippen molar-refractivity contribution >= 4 is 23.8 Å². The number of hydrogen-bond donors (Lipinski definition) is 2. The highest BCUT2D eigenvalue weighted by Gasteiger charge is 2.52. The fourth-order valence-corrected chi connectivity index (χ4v) is 4.70. The Bertz CT molecular complexity index is 627. The summed E-state index contributed by atoms with van der Waals surface area (Å²) in [6, 6.07) is -0.805. The number of carbonyl (C=O) groups is 4. The summed E-state index contributed by atoms with van der Waals surface area (Å²) in [4.78, 5) is 50.5. The summed E-state index contributed by atoms with van der Waals surface area (Å²) in [5.74, 6) is -0.820. The molecule has 0 radical (unpaired) electrons. The van der Waals surface area contributed by atoms with Crippen LogP contribution in [0.5, 0.6) is 0 Å². The third kappa shape index (κ3) is 3.80. The Kier molecular flexibility index (Phi) is 5.72. The van der Waals surface area contributed by atoms with Gasteiger partial charge in [-0.25, -0.2) is 4.79 Å². The second-order valence-electron chi connectivity index (χ2n) is 7.99. The first-order valence-electron chi connectivity index (χ1n) is 9.91. The Morgan fingerprint density at radius 2 is 1.93 bits per heavy atom. The van der Waals surface area contributed by atoms with Crippen LogP contribution >= 0.6 is 0 Å². The number of carbonyl (C=O) groups excluding carboxylic acids is 4. The van der Waals surface area contributed by atoms with Gasteiger partial charge in [-0.1, -0.05) is 19.8 Å². The number of nitrogens with zero attached hydrogens (tertiary/aromatic N) is 1. The number of imide groups is 1. The average Bonchev–Trinajstić information content (AvgIpc) is 3.20. The highest BCUT2D eigenvalue weighted by atomic mass is 16.5. The number of urea groups is 1. The maximum absolute atomic E-state index is 12.9. The average molecular weight is 379 g/mol. The number of amides is 4. The van der Waals surface area contributed by atoms with Crippen LogP contribution in [0, 0.1) is 11.8 Å². The number of nitrogens with one attached hydrogen (secondary N) is 2. The van der Waals surface area contributed by atoms with Crippen molar-refractivity contribution in [3.8, 4) is 0 Å². The van der Waals surface area contributed by atoms with Crippen LogP contribution in [-0.2, 0) is 19.1 Å². The summed E-state index contributed by atoms with van der Waals surface area (Å²) >= 11 is 0. The van der Waals surface area contributed by atoms with Crippen molar-refractivity contribution in [2.45, 2.75) is 69.9 Å². The fourth-order valence-electron chi connectivity index (χ4n) is 4.70. The molecular weight excluding hydrogens is 350 g/mol. The molecule has 8 heteroatoms. The molecule has 2 saturated carbocycles. The SMILES string of the molecule is CCC1CCC2(CC1)NC(=O)N(CC(=O)NC1CCCC1C(=O)OC)C2=O. The maximum Gasteiger partial charge on any atom is 0.325 e. The Hall–Kier alpha value is -2.12. The van der Waals surface area contributed by atoms with Gasteiger partial charge in [0.1, 0.15) is 12.1 Å². The molecule has 0 aromatic rings. The van der Waals surface area contributed by atoms with E-state index in [0.29, 0.717) is 31.6 Å². The van der Waals surface area contributed by atoms with Gasteiger partial charge in [-0.3, -0.25) is 19.3 Å². The molecule has 2 unspecified atom stereocenters. The lowest BCUT2D eigenvalue weighted by Gasteiger charge is -2.34. The van der Waals surface area contributed by atoms with Gasteiger partial charge in [0.2, 0.25) is 5.91 Å². The standard InChI is InChI=1S/C19H29N3O5/c1-3-12-7-9-19(10-8-12)17(25)22(18(26)21-19)11-15(23)20-14-6-4-5-13(14)16(24)27-2/h12-14H,3-11H2,1-2H3,(H,20,23)(H,21,26). The molecule has 1 spiro atoms. The van der Waals surface area contributed by atoms with Gasteiger partial charge in [0.05, 0.1) is 13.0 Å². The molecule has 8 nitrogen and oxygen atoms in total. The van der Waals surface area contributed by atoms with Crippen LogP contribution in [0.2, 0.25) is 0 Å². The molecule has 0 aromatic heterocycles. The summed E-state index contributed by atoms with van der Waals surface area (Å²) in [5.41, 5.74) is -0.842. The lowest BCUT2D eigenvalue weighted by atomic mass is 9.75. The monoisotopic (exact) mass is 379 g/mol. The topological polar surface area (TPSA) is 105 Å². The van der Waals surface area contributed by atoms with E-state index < -0.39 is 17.5 Å². The van der Waals surface area contributed by atoms with Crippen molar-refractivity contribution in [1.29, 1.82) is 0 Å². The fraction of sp³-hybridized carbons (Fsp3) is 0.789. The van der Waals surface area contributed by atoms with Crippen molar-refractivity contribution in [3.05, 3.63) is 0 Å². The van der Waals surface area contributed by atoms with Crippen molar-refractivity contribution < 1.29 is 23.9 Å². The van der Waals surface area contributed by atoms with Crippen LogP contribution in [0.4, 0.5) is 4.79 Å². The number of hydrogen-bond acceptors (Lipinski definition) is 5. The molecule has 2 N–H and O–H groups in total. The predicted molar refractivity (Wildman–Crippen MR) is 96.5 cm³/mol. The molecule has 1 heterocycles. The van der Waals surface area contributed by atoms with E-state index in [1.54, 1.807) is 0 Å². The van der Waals surface area contributed by atoms with Crippen molar-refractivity contribution in [2.24, 2.45) is 11.8 Å². The summed E-state index contributed by atoms with van der Waals surface area (Å²) in [6.45, 7) is 1.83. The highest BCUT2D eigenvalue weighted by Crippen LogP contribution is 2.37. The van der Waals surface area contributed by atoms with Crippen LogP contribution in [-0.4, -0.2) is 54.0 Å². The Morgan fingerprint density at radius 1 is 1.22 bits per heavy atom. The van der Waals surface area contributed by atoms with E-state index in [9.17, 15) is 19.2 Å². The molecular formula is C19H29N3O5. The Labute approximate surface area is 159 Å². The summed E-state index contributed by atoms with van der Waals surface area (Å²) in [7, 11) is 1.33. The smallest absolute Gasteiger partial charge is 0.325 e. The molecule has 2 atom stereocenters. The molecule has 0 aromatic carbocycles. The molecule has 1 aliphatic heterocycles. The molecule has 3 aliphatic rings. The minimum atomic E-state index is -0.842. The molecule has 150 valence electrons. The minimum Gasteiger partial charge on any atom is -0.469 e. The highest BCUT2D eigenvalue weighted by molar-refractivity contribution is 6.09. The van der Waals surface area contributed by atoms with Crippen molar-refractivity contribution in [3.63, 3.8) is 0 Å². The van der Waals surface area contributed by atoms with E-state index in [1.807, 2.05) is 0 Å². The second kappa shape index (κ2) is 7.86. The van der Waals surface area contributed by atoms with Gasteiger partial charge < -0.3 is 15.4 Å². The van der Waals surface area contributed by atoms with Gasteiger partial charge in [0, 0.05) is 6.04 Å². The van der Waals surface area contributed by atoms with E-state index in [1.165, 1.54) is 7.11 Å². The van der Waals surface area contributed by atoms with Crippen molar-refractivity contribution in [1.82, 2.24) is 15.5 Å². The van der Waals surface area contributed by atoms with E-state index in [2.05, 4.69) is 17.6 Å². The van der Waals surface area contributed by atoms with Gasteiger partial charge >= 0.3 is 12.0 Å². The van der Waals surface area contributed by atoms with Gasteiger partial charge in [-0.2, -0.15) is 0 Å². The van der Waals surface area contributed by atoms with E-state index in [4.69, 9.17) is 4.74 Å². The molecule has 4 amide bonds. The molecule has 0 bridgehead atoms. The quantitative estimate of drug-likeness (QED) is 0.554. The largest absolute Gasteiger partial charge is 0.469 e. The normalized spacial score (nSPS) is 33.3. The second-order valence-corrected chi connectivity index (χ2v) is 7.99. The number of rotatable bonds is 5. The van der Waals surface area contributed by atoms with Gasteiger partial charge in [0.15, 0.2) is 0 Å². The lowest BCUT2D eigenvalue weighted by molar-refractivity contribution is -0.146.